The molecule has 0 saturated heterocycles. The van der Waals surface area contributed by atoms with Crippen LogP contribution in [-0.2, 0) is 6.42 Å². The molecule has 0 atom stereocenters. The molecule has 0 spiro atoms. The number of hydrogen-bond acceptors (Lipinski definition) is 4. The maximum Gasteiger partial charge on any atom is 0.251 e. The van der Waals surface area contributed by atoms with Gasteiger partial charge in [0.05, 0.1) is 0 Å². The number of nitrogens with one attached hydrogen (secondary N) is 1. The first kappa shape index (κ1) is 14.1. The third kappa shape index (κ3) is 3.58. The molecule has 0 saturated carbocycles. The van der Waals surface area contributed by atoms with Crippen molar-refractivity contribution < 1.29 is 10.0 Å². The van der Waals surface area contributed by atoms with E-state index in [0.717, 1.165) is 6.42 Å². The maximum atomic E-state index is 11.9. The summed E-state index contributed by atoms with van der Waals surface area (Å²) in [5, 5.41) is 16.3. The van der Waals surface area contributed by atoms with E-state index in [0.29, 0.717) is 17.7 Å². The van der Waals surface area contributed by atoms with E-state index in [-0.39, 0.29) is 11.7 Å². The quantitative estimate of drug-likeness (QED) is 0.339. The lowest BCUT2D eigenvalue weighted by atomic mass is 10.1. The third-order valence-electron chi connectivity index (χ3n) is 2.79. The zero-order chi connectivity index (χ0) is 14.4. The van der Waals surface area contributed by atoms with Gasteiger partial charge in [-0.2, -0.15) is 0 Å². The van der Waals surface area contributed by atoms with Gasteiger partial charge in [-0.25, -0.2) is 0 Å². The standard InChI is InChI=1S/C14H15N3O2S/c15-13(17-19)10-3-5-11(6-4-10)14(18)16-8-7-12-2-1-9-20-12/h1-6,9,19H,7-8H2,(H2,15,17)(H,16,18). The number of hydrogen-bond donors (Lipinski definition) is 3. The molecule has 1 amide bonds. The summed E-state index contributed by atoms with van der Waals surface area (Å²) in [7, 11) is 0. The zero-order valence-electron chi connectivity index (χ0n) is 10.7. The Morgan fingerprint density at radius 2 is 1.95 bits per heavy atom. The van der Waals surface area contributed by atoms with Crippen LogP contribution < -0.4 is 11.1 Å². The van der Waals surface area contributed by atoms with Gasteiger partial charge in [-0.15, -0.1) is 11.3 Å². The number of nitrogens with two attached hydrogens (primary N) is 1. The Labute approximate surface area is 120 Å². The van der Waals surface area contributed by atoms with Gasteiger partial charge in [0.25, 0.3) is 5.91 Å². The number of oxime groups is 1. The molecule has 1 heterocycles. The van der Waals surface area contributed by atoms with Crippen LogP contribution in [0.5, 0.6) is 0 Å². The largest absolute Gasteiger partial charge is 0.409 e. The molecule has 6 heteroatoms. The molecule has 1 aromatic heterocycles. The number of nitrogens with zero attached hydrogens (tertiary/aromatic N) is 1. The van der Waals surface area contributed by atoms with E-state index in [1.165, 1.54) is 4.88 Å². The summed E-state index contributed by atoms with van der Waals surface area (Å²) in [6, 6.07) is 10.6. The number of amides is 1. The van der Waals surface area contributed by atoms with E-state index >= 15 is 0 Å². The summed E-state index contributed by atoms with van der Waals surface area (Å²) in [6.45, 7) is 0.599. The van der Waals surface area contributed by atoms with Gasteiger partial charge in [0.2, 0.25) is 0 Å². The number of rotatable bonds is 5. The van der Waals surface area contributed by atoms with Gasteiger partial charge in [-0.3, -0.25) is 4.79 Å². The van der Waals surface area contributed by atoms with Crippen molar-refractivity contribution >= 4 is 23.1 Å². The van der Waals surface area contributed by atoms with Crippen LogP contribution in [0.4, 0.5) is 0 Å². The van der Waals surface area contributed by atoms with Crippen molar-refractivity contribution in [2.75, 3.05) is 6.54 Å². The van der Waals surface area contributed by atoms with Crippen LogP contribution in [-0.4, -0.2) is 23.5 Å². The second-order valence-electron chi connectivity index (χ2n) is 4.15. The summed E-state index contributed by atoms with van der Waals surface area (Å²) in [6.07, 6.45) is 0.825. The smallest absolute Gasteiger partial charge is 0.251 e. The highest BCUT2D eigenvalue weighted by molar-refractivity contribution is 7.09. The van der Waals surface area contributed by atoms with Gasteiger partial charge < -0.3 is 16.3 Å². The molecular formula is C14H15N3O2S. The Balaban J connectivity index is 1.89. The lowest BCUT2D eigenvalue weighted by molar-refractivity contribution is 0.0954. The Morgan fingerprint density at radius 3 is 2.55 bits per heavy atom. The molecule has 0 aliphatic carbocycles. The number of amidine groups is 1. The van der Waals surface area contributed by atoms with Crippen molar-refractivity contribution in [3.05, 3.63) is 57.8 Å². The van der Waals surface area contributed by atoms with Crippen LogP contribution in [0, 0.1) is 0 Å². The minimum Gasteiger partial charge on any atom is -0.409 e. The highest BCUT2D eigenvalue weighted by atomic mass is 32.1. The number of benzene rings is 1. The van der Waals surface area contributed by atoms with Crippen LogP contribution in [0.15, 0.2) is 46.9 Å². The molecule has 0 radical (unpaired) electrons. The minimum atomic E-state index is -0.132. The van der Waals surface area contributed by atoms with Crippen molar-refractivity contribution in [3.63, 3.8) is 0 Å². The first-order valence-corrected chi connectivity index (χ1v) is 6.97. The molecule has 0 bridgehead atoms. The van der Waals surface area contributed by atoms with Crippen molar-refractivity contribution in [3.8, 4) is 0 Å². The lowest BCUT2D eigenvalue weighted by Crippen LogP contribution is -2.25. The van der Waals surface area contributed by atoms with Crippen LogP contribution in [0.25, 0.3) is 0 Å². The van der Waals surface area contributed by atoms with Gasteiger partial charge in [0.15, 0.2) is 5.84 Å². The summed E-state index contributed by atoms with van der Waals surface area (Å²) in [5.41, 5.74) is 6.57. The maximum absolute atomic E-state index is 11.9. The SMILES string of the molecule is N/C(=N\O)c1ccc(C(=O)NCCc2cccs2)cc1. The molecule has 5 nitrogen and oxygen atoms in total. The minimum absolute atomic E-state index is 0.0228. The van der Waals surface area contributed by atoms with Gasteiger partial charge >= 0.3 is 0 Å². The second kappa shape index (κ2) is 6.72. The van der Waals surface area contributed by atoms with E-state index in [9.17, 15) is 4.79 Å². The fourth-order valence-corrected chi connectivity index (χ4v) is 2.42. The molecular weight excluding hydrogens is 274 g/mol. The van der Waals surface area contributed by atoms with Crippen molar-refractivity contribution in [1.82, 2.24) is 5.32 Å². The van der Waals surface area contributed by atoms with Crippen LogP contribution in [0.1, 0.15) is 20.8 Å². The molecule has 0 aliphatic heterocycles. The Morgan fingerprint density at radius 1 is 1.25 bits per heavy atom. The molecule has 4 N–H and O–H groups in total. The third-order valence-corrected chi connectivity index (χ3v) is 3.72. The van der Waals surface area contributed by atoms with E-state index < -0.39 is 0 Å². The van der Waals surface area contributed by atoms with Gasteiger partial charge in [0.1, 0.15) is 0 Å². The van der Waals surface area contributed by atoms with E-state index in [1.807, 2.05) is 17.5 Å². The van der Waals surface area contributed by atoms with Crippen molar-refractivity contribution in [1.29, 1.82) is 0 Å². The van der Waals surface area contributed by atoms with Gasteiger partial charge in [-0.05, 0) is 30.0 Å². The molecule has 0 aliphatic rings. The Hall–Kier alpha value is -2.34. The first-order chi connectivity index (χ1) is 9.70. The van der Waals surface area contributed by atoms with E-state index in [2.05, 4.69) is 10.5 Å². The summed E-state index contributed by atoms with van der Waals surface area (Å²) in [4.78, 5) is 13.1. The van der Waals surface area contributed by atoms with Crippen LogP contribution in [0.3, 0.4) is 0 Å². The molecule has 0 unspecified atom stereocenters. The van der Waals surface area contributed by atoms with Crippen LogP contribution >= 0.6 is 11.3 Å². The molecule has 20 heavy (non-hydrogen) atoms. The molecule has 104 valence electrons. The molecule has 2 rings (SSSR count). The molecule has 1 aromatic carbocycles. The lowest BCUT2D eigenvalue weighted by Gasteiger charge is -2.05. The van der Waals surface area contributed by atoms with Crippen molar-refractivity contribution in [2.45, 2.75) is 6.42 Å². The Bertz CT molecular complexity index is 591. The second-order valence-corrected chi connectivity index (χ2v) is 5.18. The molecule has 0 fully saturated rings. The zero-order valence-corrected chi connectivity index (χ0v) is 11.6. The topological polar surface area (TPSA) is 87.7 Å². The average Bonchev–Trinajstić information content (AvgIpc) is 2.99. The summed E-state index contributed by atoms with van der Waals surface area (Å²) in [5.74, 6) is -0.109. The van der Waals surface area contributed by atoms with Crippen molar-refractivity contribution in [2.24, 2.45) is 10.9 Å². The summed E-state index contributed by atoms with van der Waals surface area (Å²) >= 11 is 1.68. The van der Waals surface area contributed by atoms with E-state index in [1.54, 1.807) is 35.6 Å². The number of carbonyl (C=O) groups is 1. The number of thiophene rings is 1. The highest BCUT2D eigenvalue weighted by Gasteiger charge is 2.06. The number of carbonyl (C=O) groups excluding carboxylic acids is 1. The highest BCUT2D eigenvalue weighted by Crippen LogP contribution is 2.08. The fourth-order valence-electron chi connectivity index (χ4n) is 1.71. The van der Waals surface area contributed by atoms with Crippen LogP contribution in [0.2, 0.25) is 0 Å². The normalized spacial score (nSPS) is 11.3. The predicted molar refractivity (Wildman–Crippen MR) is 79.3 cm³/mol. The predicted octanol–water partition coefficient (Wildman–Crippen LogP) is 1.82. The van der Waals surface area contributed by atoms with E-state index in [4.69, 9.17) is 10.9 Å². The molecule has 2 aromatic rings. The van der Waals surface area contributed by atoms with Gasteiger partial charge in [-0.1, -0.05) is 23.4 Å². The van der Waals surface area contributed by atoms with Gasteiger partial charge in [0, 0.05) is 22.5 Å². The summed E-state index contributed by atoms with van der Waals surface area (Å²) < 4.78 is 0. The Kier molecular flexibility index (Phi) is 4.73. The average molecular weight is 289 g/mol. The monoisotopic (exact) mass is 289 g/mol. The fraction of sp³-hybridized carbons (Fsp3) is 0.143. The first-order valence-electron chi connectivity index (χ1n) is 6.09.